The maximum atomic E-state index is 11.1. The van der Waals surface area contributed by atoms with Crippen LogP contribution in [0.5, 0.6) is 0 Å². The second-order valence-electron chi connectivity index (χ2n) is 2.99. The summed E-state index contributed by atoms with van der Waals surface area (Å²) in [5.41, 5.74) is 0.364. The van der Waals surface area contributed by atoms with E-state index in [1.807, 2.05) is 0 Å². The molecule has 1 unspecified atom stereocenters. The predicted molar refractivity (Wildman–Crippen MR) is 49.7 cm³/mol. The lowest BCUT2D eigenvalue weighted by molar-refractivity contribution is -0.119. The van der Waals surface area contributed by atoms with Gasteiger partial charge in [0, 0.05) is 20.4 Å². The van der Waals surface area contributed by atoms with Crippen LogP contribution < -0.4 is 10.6 Å². The van der Waals surface area contributed by atoms with E-state index in [2.05, 4.69) is 15.8 Å². The Bertz CT molecular complexity index is 275. The summed E-state index contributed by atoms with van der Waals surface area (Å²) >= 11 is 0. The lowest BCUT2D eigenvalue weighted by atomic mass is 10.1. The van der Waals surface area contributed by atoms with Crippen LogP contribution in [0.25, 0.3) is 0 Å². The summed E-state index contributed by atoms with van der Waals surface area (Å²) in [5.74, 6) is -0.364. The summed E-state index contributed by atoms with van der Waals surface area (Å²) in [7, 11) is 1.53. The Kier molecular flexibility index (Phi) is 3.44. The van der Waals surface area contributed by atoms with Gasteiger partial charge in [-0.15, -0.1) is 0 Å². The van der Waals surface area contributed by atoms with E-state index in [0.29, 0.717) is 18.7 Å². The lowest BCUT2D eigenvalue weighted by Crippen LogP contribution is -2.32. The molecule has 0 fully saturated rings. The summed E-state index contributed by atoms with van der Waals surface area (Å²) in [4.78, 5) is 26.6. The van der Waals surface area contributed by atoms with Crippen molar-refractivity contribution >= 4 is 17.5 Å². The van der Waals surface area contributed by atoms with Crippen molar-refractivity contribution in [3.8, 4) is 0 Å². The minimum atomic E-state index is -0.240. The van der Waals surface area contributed by atoms with Gasteiger partial charge in [0.2, 0.25) is 5.91 Å². The third-order valence-corrected chi connectivity index (χ3v) is 1.80. The topological polar surface area (TPSA) is 79.8 Å². The van der Waals surface area contributed by atoms with Crippen LogP contribution in [-0.2, 0) is 14.4 Å². The van der Waals surface area contributed by atoms with Crippen molar-refractivity contribution in [1.29, 1.82) is 0 Å². The molecule has 2 N–H and O–H groups in total. The minimum absolute atomic E-state index is 0.123. The molecule has 6 nitrogen and oxygen atoms in total. The highest BCUT2D eigenvalue weighted by Gasteiger charge is 2.25. The zero-order valence-electron chi connectivity index (χ0n) is 8.16. The van der Waals surface area contributed by atoms with E-state index in [1.165, 1.54) is 14.0 Å². The SMILES string of the molecule is CNC(=O)C1=NOC(CNC(C)=O)C1. The molecule has 0 aromatic carbocycles. The molecule has 0 aromatic rings. The third kappa shape index (κ3) is 2.72. The number of nitrogens with one attached hydrogen (secondary N) is 2. The van der Waals surface area contributed by atoms with Gasteiger partial charge in [-0.1, -0.05) is 5.16 Å². The van der Waals surface area contributed by atoms with E-state index < -0.39 is 0 Å². The molecule has 1 aliphatic rings. The zero-order valence-corrected chi connectivity index (χ0v) is 8.16. The van der Waals surface area contributed by atoms with Gasteiger partial charge in [0.25, 0.3) is 5.91 Å². The van der Waals surface area contributed by atoms with Gasteiger partial charge >= 0.3 is 0 Å². The molecule has 14 heavy (non-hydrogen) atoms. The van der Waals surface area contributed by atoms with E-state index in [0.717, 1.165) is 0 Å². The summed E-state index contributed by atoms with van der Waals surface area (Å²) in [6, 6.07) is 0. The Hall–Kier alpha value is -1.59. The predicted octanol–water partition coefficient (Wildman–Crippen LogP) is -0.987. The van der Waals surface area contributed by atoms with E-state index >= 15 is 0 Å². The van der Waals surface area contributed by atoms with Crippen LogP contribution in [0.2, 0.25) is 0 Å². The number of amides is 2. The number of oxime groups is 1. The second kappa shape index (κ2) is 4.59. The molecule has 0 bridgehead atoms. The van der Waals surface area contributed by atoms with Gasteiger partial charge in [-0.25, -0.2) is 0 Å². The Labute approximate surface area is 81.7 Å². The molecule has 0 saturated heterocycles. The van der Waals surface area contributed by atoms with Crippen molar-refractivity contribution in [2.75, 3.05) is 13.6 Å². The normalized spacial score (nSPS) is 19.6. The minimum Gasteiger partial charge on any atom is -0.390 e. The first-order chi connectivity index (χ1) is 6.63. The van der Waals surface area contributed by atoms with Gasteiger partial charge in [0.05, 0.1) is 6.54 Å². The number of rotatable bonds is 3. The monoisotopic (exact) mass is 199 g/mol. The Morgan fingerprint density at radius 1 is 1.64 bits per heavy atom. The highest BCUT2D eigenvalue weighted by Crippen LogP contribution is 2.09. The van der Waals surface area contributed by atoms with Crippen molar-refractivity contribution < 1.29 is 14.4 Å². The van der Waals surface area contributed by atoms with Crippen LogP contribution >= 0.6 is 0 Å². The number of hydrogen-bond acceptors (Lipinski definition) is 4. The van der Waals surface area contributed by atoms with Crippen LogP contribution in [0.15, 0.2) is 5.16 Å². The maximum Gasteiger partial charge on any atom is 0.268 e. The first-order valence-corrected chi connectivity index (χ1v) is 4.32. The van der Waals surface area contributed by atoms with Crippen LogP contribution in [0, 0.1) is 0 Å². The molecule has 0 aromatic heterocycles. The number of hydrogen-bond donors (Lipinski definition) is 2. The molecular weight excluding hydrogens is 186 g/mol. The fourth-order valence-electron chi connectivity index (χ4n) is 1.07. The molecule has 0 saturated carbocycles. The van der Waals surface area contributed by atoms with Gasteiger partial charge in [-0.05, 0) is 0 Å². The Morgan fingerprint density at radius 3 is 2.93 bits per heavy atom. The molecule has 0 radical (unpaired) electrons. The fraction of sp³-hybridized carbons (Fsp3) is 0.625. The average molecular weight is 199 g/mol. The van der Waals surface area contributed by atoms with E-state index in [9.17, 15) is 9.59 Å². The number of nitrogens with zero attached hydrogens (tertiary/aromatic N) is 1. The van der Waals surface area contributed by atoms with Crippen molar-refractivity contribution in [3.63, 3.8) is 0 Å². The largest absolute Gasteiger partial charge is 0.390 e. The summed E-state index contributed by atoms with van der Waals surface area (Å²) in [6.45, 7) is 1.80. The highest BCUT2D eigenvalue weighted by molar-refractivity contribution is 6.39. The smallest absolute Gasteiger partial charge is 0.268 e. The summed E-state index contributed by atoms with van der Waals surface area (Å²) < 4.78 is 0. The zero-order chi connectivity index (χ0) is 10.6. The number of carbonyl (C=O) groups is 2. The van der Waals surface area contributed by atoms with Gasteiger partial charge < -0.3 is 15.5 Å². The first-order valence-electron chi connectivity index (χ1n) is 4.32. The molecule has 1 heterocycles. The maximum absolute atomic E-state index is 11.1. The fourth-order valence-corrected chi connectivity index (χ4v) is 1.07. The first kappa shape index (κ1) is 10.5. The molecule has 1 rings (SSSR count). The summed E-state index contributed by atoms with van der Waals surface area (Å²) in [5, 5.41) is 8.67. The van der Waals surface area contributed by atoms with E-state index in [4.69, 9.17) is 4.84 Å². The van der Waals surface area contributed by atoms with Gasteiger partial charge in [0.15, 0.2) is 6.10 Å². The van der Waals surface area contributed by atoms with E-state index in [1.54, 1.807) is 0 Å². The van der Waals surface area contributed by atoms with Crippen LogP contribution in [0.3, 0.4) is 0 Å². The molecule has 0 spiro atoms. The third-order valence-electron chi connectivity index (χ3n) is 1.80. The van der Waals surface area contributed by atoms with Crippen LogP contribution in [0.1, 0.15) is 13.3 Å². The Morgan fingerprint density at radius 2 is 2.36 bits per heavy atom. The standard InChI is InChI=1S/C8H13N3O3/c1-5(12)10-4-6-3-7(11-14-6)8(13)9-2/h6H,3-4H2,1-2H3,(H,9,13)(H,10,12). The quantitative estimate of drug-likeness (QED) is 0.612. The van der Waals surface area contributed by atoms with Crippen molar-refractivity contribution in [3.05, 3.63) is 0 Å². The second-order valence-corrected chi connectivity index (χ2v) is 2.99. The summed E-state index contributed by atoms with van der Waals surface area (Å²) in [6.07, 6.45) is 0.200. The van der Waals surface area contributed by atoms with Crippen molar-refractivity contribution in [2.45, 2.75) is 19.4 Å². The number of carbonyl (C=O) groups excluding carboxylic acids is 2. The molecular formula is C8H13N3O3. The van der Waals surface area contributed by atoms with Gasteiger partial charge in [-0.3, -0.25) is 9.59 Å². The lowest BCUT2D eigenvalue weighted by Gasteiger charge is -2.07. The molecule has 1 atom stereocenters. The van der Waals surface area contributed by atoms with Crippen LogP contribution in [0.4, 0.5) is 0 Å². The van der Waals surface area contributed by atoms with Crippen molar-refractivity contribution in [2.24, 2.45) is 5.16 Å². The Balaban J connectivity index is 2.31. The molecule has 78 valence electrons. The van der Waals surface area contributed by atoms with E-state index in [-0.39, 0.29) is 17.9 Å². The van der Waals surface area contributed by atoms with Gasteiger partial charge in [0.1, 0.15) is 5.71 Å². The molecule has 2 amide bonds. The molecule has 6 heteroatoms. The average Bonchev–Trinajstić information content (AvgIpc) is 2.62. The van der Waals surface area contributed by atoms with Gasteiger partial charge in [-0.2, -0.15) is 0 Å². The highest BCUT2D eigenvalue weighted by atomic mass is 16.6. The van der Waals surface area contributed by atoms with Crippen LogP contribution in [-0.4, -0.2) is 37.2 Å². The molecule has 1 aliphatic heterocycles. The van der Waals surface area contributed by atoms with Crippen molar-refractivity contribution in [1.82, 2.24) is 10.6 Å². The molecule has 0 aliphatic carbocycles.